The first kappa shape index (κ1) is 15.3. The number of benzene rings is 2. The van der Waals surface area contributed by atoms with Crippen LogP contribution in [0.3, 0.4) is 0 Å². The highest BCUT2D eigenvalue weighted by molar-refractivity contribution is 7.73. The molecule has 0 bridgehead atoms. The second-order valence-corrected chi connectivity index (χ2v) is 7.83. The maximum atomic E-state index is 2.30. The zero-order chi connectivity index (χ0) is 14.7. The van der Waals surface area contributed by atoms with Gasteiger partial charge < -0.3 is 0 Å². The van der Waals surface area contributed by atoms with Crippen molar-refractivity contribution in [1.29, 1.82) is 0 Å². The third kappa shape index (κ3) is 2.96. The number of aryl methyl sites for hydroxylation is 4. The second-order valence-electron chi connectivity index (χ2n) is 5.63. The van der Waals surface area contributed by atoms with E-state index in [0.717, 1.165) is 0 Å². The normalized spacial score (nSPS) is 11.1. The minimum Gasteiger partial charge on any atom is -0.0650 e. The Balaban J connectivity index is 2.63. The summed E-state index contributed by atoms with van der Waals surface area (Å²) in [7, 11) is -0.234. The van der Waals surface area contributed by atoms with E-state index in [-0.39, 0.29) is 7.92 Å². The molecule has 0 saturated heterocycles. The molecule has 0 saturated carbocycles. The summed E-state index contributed by atoms with van der Waals surface area (Å²) in [6.07, 6.45) is 2.53. The Morgan fingerprint density at radius 3 is 1.35 bits per heavy atom. The minimum absolute atomic E-state index is 0.234. The lowest BCUT2D eigenvalue weighted by Gasteiger charge is -2.25. The average molecular weight is 284 g/mol. The molecule has 0 fully saturated rings. The van der Waals surface area contributed by atoms with Gasteiger partial charge in [-0.15, -0.1) is 0 Å². The smallest absolute Gasteiger partial charge is 0.0137 e. The fourth-order valence-corrected chi connectivity index (χ4v) is 6.14. The van der Waals surface area contributed by atoms with E-state index < -0.39 is 0 Å². The molecule has 0 amide bonds. The lowest BCUT2D eigenvalue weighted by atomic mass is 10.1. The Bertz CT molecular complexity index is 507. The Morgan fingerprint density at radius 1 is 0.700 bits per heavy atom. The Hall–Kier alpha value is -1.13. The van der Waals surface area contributed by atoms with Crippen molar-refractivity contribution < 1.29 is 0 Å². The minimum atomic E-state index is -0.234. The van der Waals surface area contributed by atoms with Crippen LogP contribution in [0.4, 0.5) is 0 Å². The van der Waals surface area contributed by atoms with Crippen molar-refractivity contribution in [1.82, 2.24) is 0 Å². The second kappa shape index (κ2) is 6.55. The molecule has 0 aliphatic heterocycles. The summed E-state index contributed by atoms with van der Waals surface area (Å²) in [6.45, 7) is 11.4. The molecule has 0 heterocycles. The standard InChI is InChI=1S/C19H25P/c1-6-13-20(18-14(2)9-7-10-15(18)3)19-16(4)11-8-12-17(19)5/h7-12H,6,13H2,1-5H3. The van der Waals surface area contributed by atoms with Gasteiger partial charge in [0.1, 0.15) is 0 Å². The number of hydrogen-bond donors (Lipinski definition) is 0. The van der Waals surface area contributed by atoms with Gasteiger partial charge >= 0.3 is 0 Å². The van der Waals surface area contributed by atoms with Crippen molar-refractivity contribution in [3.63, 3.8) is 0 Å². The highest BCUT2D eigenvalue weighted by Gasteiger charge is 2.20. The number of hydrogen-bond acceptors (Lipinski definition) is 0. The third-order valence-corrected chi connectivity index (χ3v) is 7.25. The van der Waals surface area contributed by atoms with E-state index in [1.54, 1.807) is 10.6 Å². The first-order valence-corrected chi connectivity index (χ1v) is 8.99. The molecular formula is C19H25P. The fourth-order valence-electron chi connectivity index (χ4n) is 3.02. The summed E-state index contributed by atoms with van der Waals surface area (Å²) in [5.74, 6) is 0. The molecule has 106 valence electrons. The predicted octanol–water partition coefficient (Wildman–Crippen LogP) is 4.76. The van der Waals surface area contributed by atoms with Crippen molar-refractivity contribution in [3.8, 4) is 0 Å². The van der Waals surface area contributed by atoms with E-state index in [0.29, 0.717) is 0 Å². The van der Waals surface area contributed by atoms with Crippen molar-refractivity contribution >= 4 is 18.5 Å². The first-order valence-electron chi connectivity index (χ1n) is 7.46. The van der Waals surface area contributed by atoms with Crippen LogP contribution in [-0.4, -0.2) is 6.16 Å². The van der Waals surface area contributed by atoms with Gasteiger partial charge in [0, 0.05) is 0 Å². The summed E-state index contributed by atoms with van der Waals surface area (Å²) in [5, 5.41) is 3.20. The van der Waals surface area contributed by atoms with Crippen LogP contribution in [-0.2, 0) is 0 Å². The van der Waals surface area contributed by atoms with Gasteiger partial charge in [-0.2, -0.15) is 0 Å². The van der Waals surface area contributed by atoms with Gasteiger partial charge in [0.15, 0.2) is 0 Å². The molecule has 0 nitrogen and oxygen atoms in total. The molecule has 0 unspecified atom stereocenters. The molecule has 0 atom stereocenters. The van der Waals surface area contributed by atoms with Crippen molar-refractivity contribution in [2.24, 2.45) is 0 Å². The monoisotopic (exact) mass is 284 g/mol. The van der Waals surface area contributed by atoms with Gasteiger partial charge in [-0.05, 0) is 74.6 Å². The van der Waals surface area contributed by atoms with Crippen LogP contribution in [0.25, 0.3) is 0 Å². The highest BCUT2D eigenvalue weighted by Crippen LogP contribution is 2.39. The summed E-state index contributed by atoms with van der Waals surface area (Å²) in [5.41, 5.74) is 5.80. The molecule has 0 N–H and O–H groups in total. The molecule has 0 aromatic heterocycles. The fraction of sp³-hybridized carbons (Fsp3) is 0.368. The van der Waals surface area contributed by atoms with Crippen LogP contribution in [0.2, 0.25) is 0 Å². The van der Waals surface area contributed by atoms with Gasteiger partial charge in [-0.25, -0.2) is 0 Å². The molecular weight excluding hydrogens is 259 g/mol. The average Bonchev–Trinajstić information content (AvgIpc) is 2.38. The van der Waals surface area contributed by atoms with Crippen molar-refractivity contribution in [3.05, 3.63) is 58.7 Å². The van der Waals surface area contributed by atoms with Crippen LogP contribution < -0.4 is 10.6 Å². The SMILES string of the molecule is CCCP(c1c(C)cccc1C)c1c(C)cccc1C. The van der Waals surface area contributed by atoms with E-state index in [9.17, 15) is 0 Å². The van der Waals surface area contributed by atoms with E-state index in [2.05, 4.69) is 71.0 Å². The topological polar surface area (TPSA) is 0 Å². The van der Waals surface area contributed by atoms with Crippen LogP contribution in [0, 0.1) is 27.7 Å². The first-order chi connectivity index (χ1) is 9.56. The maximum absolute atomic E-state index is 2.30. The molecule has 2 aromatic rings. The summed E-state index contributed by atoms with van der Waals surface area (Å²) < 4.78 is 0. The van der Waals surface area contributed by atoms with E-state index in [1.807, 2.05) is 0 Å². The molecule has 0 spiro atoms. The van der Waals surface area contributed by atoms with Crippen molar-refractivity contribution in [2.75, 3.05) is 6.16 Å². The third-order valence-electron chi connectivity index (χ3n) is 3.87. The van der Waals surface area contributed by atoms with Crippen LogP contribution >= 0.6 is 7.92 Å². The molecule has 2 rings (SSSR count). The lowest BCUT2D eigenvalue weighted by Crippen LogP contribution is -2.22. The van der Waals surface area contributed by atoms with Gasteiger partial charge in [-0.1, -0.05) is 49.7 Å². The van der Waals surface area contributed by atoms with Gasteiger partial charge in [0.05, 0.1) is 0 Å². The largest absolute Gasteiger partial charge is 0.0650 e. The molecule has 0 aliphatic carbocycles. The Labute approximate surface area is 125 Å². The molecule has 20 heavy (non-hydrogen) atoms. The van der Waals surface area contributed by atoms with E-state index in [1.165, 1.54) is 34.8 Å². The lowest BCUT2D eigenvalue weighted by molar-refractivity contribution is 1.10. The zero-order valence-corrected chi connectivity index (χ0v) is 14.2. The molecule has 0 aliphatic rings. The van der Waals surface area contributed by atoms with E-state index >= 15 is 0 Å². The number of rotatable bonds is 4. The molecule has 2 aromatic carbocycles. The summed E-state index contributed by atoms with van der Waals surface area (Å²) in [6, 6.07) is 13.4. The Kier molecular flexibility index (Phi) is 5.00. The summed E-state index contributed by atoms with van der Waals surface area (Å²) in [4.78, 5) is 0. The Morgan fingerprint density at radius 2 is 1.05 bits per heavy atom. The zero-order valence-electron chi connectivity index (χ0n) is 13.3. The molecule has 1 heteroatoms. The van der Waals surface area contributed by atoms with Gasteiger partial charge in [0.2, 0.25) is 0 Å². The maximum Gasteiger partial charge on any atom is -0.0137 e. The van der Waals surface area contributed by atoms with Gasteiger partial charge in [-0.3, -0.25) is 0 Å². The highest BCUT2D eigenvalue weighted by atomic mass is 31.1. The summed E-state index contributed by atoms with van der Waals surface area (Å²) >= 11 is 0. The molecule has 0 radical (unpaired) electrons. The predicted molar refractivity (Wildman–Crippen MR) is 93.2 cm³/mol. The van der Waals surface area contributed by atoms with Crippen LogP contribution in [0.5, 0.6) is 0 Å². The van der Waals surface area contributed by atoms with Crippen LogP contribution in [0.1, 0.15) is 35.6 Å². The van der Waals surface area contributed by atoms with Crippen LogP contribution in [0.15, 0.2) is 36.4 Å². The van der Waals surface area contributed by atoms with Crippen molar-refractivity contribution in [2.45, 2.75) is 41.0 Å². The van der Waals surface area contributed by atoms with E-state index in [4.69, 9.17) is 0 Å². The van der Waals surface area contributed by atoms with Gasteiger partial charge in [0.25, 0.3) is 0 Å². The quantitative estimate of drug-likeness (QED) is 0.710.